The number of carbonyl (C=O) groups is 1. The summed E-state index contributed by atoms with van der Waals surface area (Å²) in [6.45, 7) is 0. The summed E-state index contributed by atoms with van der Waals surface area (Å²) in [4.78, 5) is 12.3. The molecule has 2 N–H and O–H groups in total. The Balaban J connectivity index is 1.88. The van der Waals surface area contributed by atoms with Gasteiger partial charge < -0.3 is 5.32 Å². The van der Waals surface area contributed by atoms with Gasteiger partial charge in [-0.3, -0.25) is 9.89 Å². The van der Waals surface area contributed by atoms with Crippen LogP contribution >= 0.6 is 11.6 Å². The van der Waals surface area contributed by atoms with Crippen LogP contribution in [0.25, 0.3) is 11.1 Å². The highest BCUT2D eigenvalue weighted by atomic mass is 35.5. The van der Waals surface area contributed by atoms with Crippen LogP contribution in [0.2, 0.25) is 5.02 Å². The first kappa shape index (κ1) is 17.0. The van der Waals surface area contributed by atoms with E-state index in [1.807, 2.05) is 0 Å². The van der Waals surface area contributed by atoms with E-state index in [1.54, 1.807) is 12.1 Å². The van der Waals surface area contributed by atoms with E-state index < -0.39 is 17.6 Å². The smallest absolute Gasteiger partial charge is 0.306 e. The largest absolute Gasteiger partial charge is 0.416 e. The van der Waals surface area contributed by atoms with Crippen molar-refractivity contribution in [1.82, 2.24) is 10.2 Å². The van der Waals surface area contributed by atoms with E-state index in [-0.39, 0.29) is 11.4 Å². The average molecular weight is 366 g/mol. The SMILES string of the molecule is O=C(Nc1[nH]ncc1-c1cccc(C(F)(F)F)c1)c1ccc(Cl)cc1. The summed E-state index contributed by atoms with van der Waals surface area (Å²) < 4.78 is 38.6. The second kappa shape index (κ2) is 6.60. The molecule has 0 spiro atoms. The molecular weight excluding hydrogens is 355 g/mol. The van der Waals surface area contributed by atoms with Gasteiger partial charge in [0.15, 0.2) is 0 Å². The standard InChI is InChI=1S/C17H11ClF3N3O/c18-13-6-4-10(5-7-13)16(25)23-15-14(9-22-24-15)11-2-1-3-12(8-11)17(19,20)21/h1-9H,(H2,22,23,24,25). The molecule has 0 saturated heterocycles. The molecule has 1 amide bonds. The Morgan fingerprint density at radius 3 is 2.52 bits per heavy atom. The third-order valence-corrected chi connectivity index (χ3v) is 3.74. The minimum atomic E-state index is -4.45. The van der Waals surface area contributed by atoms with Gasteiger partial charge in [0.25, 0.3) is 5.91 Å². The lowest BCUT2D eigenvalue weighted by atomic mass is 10.0. The molecule has 0 radical (unpaired) electrons. The van der Waals surface area contributed by atoms with E-state index in [9.17, 15) is 18.0 Å². The molecule has 3 rings (SSSR count). The molecule has 2 aromatic carbocycles. The molecule has 0 aliphatic rings. The van der Waals surface area contributed by atoms with Crippen molar-refractivity contribution < 1.29 is 18.0 Å². The van der Waals surface area contributed by atoms with Crippen LogP contribution < -0.4 is 5.32 Å². The topological polar surface area (TPSA) is 57.8 Å². The summed E-state index contributed by atoms with van der Waals surface area (Å²) in [7, 11) is 0. The maximum Gasteiger partial charge on any atom is 0.416 e. The Morgan fingerprint density at radius 1 is 1.12 bits per heavy atom. The van der Waals surface area contributed by atoms with E-state index in [0.717, 1.165) is 12.1 Å². The van der Waals surface area contributed by atoms with E-state index in [4.69, 9.17) is 11.6 Å². The third-order valence-electron chi connectivity index (χ3n) is 3.49. The van der Waals surface area contributed by atoms with Crippen LogP contribution in [0.3, 0.4) is 0 Å². The summed E-state index contributed by atoms with van der Waals surface area (Å²) in [5.41, 5.74) is 0.221. The van der Waals surface area contributed by atoms with Gasteiger partial charge >= 0.3 is 6.18 Å². The quantitative estimate of drug-likeness (QED) is 0.686. The van der Waals surface area contributed by atoms with Crippen molar-refractivity contribution in [2.75, 3.05) is 5.32 Å². The molecule has 0 aliphatic carbocycles. The molecule has 0 fully saturated rings. The fourth-order valence-electron chi connectivity index (χ4n) is 2.25. The zero-order chi connectivity index (χ0) is 18.0. The number of H-pyrrole nitrogens is 1. The van der Waals surface area contributed by atoms with Gasteiger partial charge in [-0.2, -0.15) is 18.3 Å². The molecule has 0 unspecified atom stereocenters. The highest BCUT2D eigenvalue weighted by Crippen LogP contribution is 2.33. The second-order valence-corrected chi connectivity index (χ2v) is 5.63. The van der Waals surface area contributed by atoms with Gasteiger partial charge in [-0.15, -0.1) is 0 Å². The average Bonchev–Trinajstić information content (AvgIpc) is 3.03. The van der Waals surface area contributed by atoms with Crippen LogP contribution in [0.15, 0.2) is 54.7 Å². The number of rotatable bonds is 3. The number of alkyl halides is 3. The molecule has 1 heterocycles. The highest BCUT2D eigenvalue weighted by molar-refractivity contribution is 6.30. The predicted molar refractivity (Wildman–Crippen MR) is 88.4 cm³/mol. The molecule has 8 heteroatoms. The van der Waals surface area contributed by atoms with Crippen LogP contribution in [0.5, 0.6) is 0 Å². The molecular formula is C17H11ClF3N3O. The Hall–Kier alpha value is -2.80. The molecule has 0 aliphatic heterocycles. The van der Waals surface area contributed by atoms with Crippen LogP contribution in [0.1, 0.15) is 15.9 Å². The fourth-order valence-corrected chi connectivity index (χ4v) is 2.38. The highest BCUT2D eigenvalue weighted by Gasteiger charge is 2.30. The van der Waals surface area contributed by atoms with Crippen molar-refractivity contribution in [3.8, 4) is 11.1 Å². The lowest BCUT2D eigenvalue weighted by Gasteiger charge is -2.09. The summed E-state index contributed by atoms with van der Waals surface area (Å²) in [6.07, 6.45) is -3.10. The van der Waals surface area contributed by atoms with Crippen LogP contribution in [0.4, 0.5) is 19.0 Å². The van der Waals surface area contributed by atoms with E-state index in [0.29, 0.717) is 16.1 Å². The number of aromatic amines is 1. The van der Waals surface area contributed by atoms with Crippen molar-refractivity contribution >= 4 is 23.3 Å². The molecule has 25 heavy (non-hydrogen) atoms. The normalized spacial score (nSPS) is 11.4. The predicted octanol–water partition coefficient (Wildman–Crippen LogP) is 5.00. The minimum absolute atomic E-state index is 0.208. The van der Waals surface area contributed by atoms with Crippen molar-refractivity contribution in [2.24, 2.45) is 0 Å². The number of hydrogen-bond acceptors (Lipinski definition) is 2. The molecule has 3 aromatic rings. The van der Waals surface area contributed by atoms with E-state index in [2.05, 4.69) is 15.5 Å². The Morgan fingerprint density at radius 2 is 1.84 bits per heavy atom. The number of halogens is 4. The zero-order valence-corrected chi connectivity index (χ0v) is 13.3. The molecule has 4 nitrogen and oxygen atoms in total. The van der Waals surface area contributed by atoms with Gasteiger partial charge in [-0.05, 0) is 42.0 Å². The molecule has 0 atom stereocenters. The molecule has 0 bridgehead atoms. The van der Waals surface area contributed by atoms with Gasteiger partial charge in [-0.25, -0.2) is 0 Å². The fraction of sp³-hybridized carbons (Fsp3) is 0.0588. The number of nitrogens with zero attached hydrogens (tertiary/aromatic N) is 1. The molecule has 1 aromatic heterocycles. The molecule has 128 valence electrons. The summed E-state index contributed by atoms with van der Waals surface area (Å²) in [6, 6.07) is 11.0. The number of amides is 1. The Kier molecular flexibility index (Phi) is 4.50. The van der Waals surface area contributed by atoms with Gasteiger partial charge in [-0.1, -0.05) is 23.7 Å². The maximum absolute atomic E-state index is 12.9. The first-order valence-corrected chi connectivity index (χ1v) is 7.50. The van der Waals surface area contributed by atoms with Crippen molar-refractivity contribution in [1.29, 1.82) is 0 Å². The van der Waals surface area contributed by atoms with Gasteiger partial charge in [0.05, 0.1) is 11.8 Å². The lowest BCUT2D eigenvalue weighted by molar-refractivity contribution is -0.137. The summed E-state index contributed by atoms with van der Waals surface area (Å²) in [5.74, 6) is -0.228. The third kappa shape index (κ3) is 3.83. The number of anilines is 1. The van der Waals surface area contributed by atoms with Crippen molar-refractivity contribution in [2.45, 2.75) is 6.18 Å². The van der Waals surface area contributed by atoms with Gasteiger partial charge in [0.2, 0.25) is 0 Å². The number of hydrogen-bond donors (Lipinski definition) is 2. The van der Waals surface area contributed by atoms with Crippen LogP contribution in [-0.4, -0.2) is 16.1 Å². The zero-order valence-electron chi connectivity index (χ0n) is 12.6. The van der Waals surface area contributed by atoms with Crippen molar-refractivity contribution in [3.05, 3.63) is 70.9 Å². The first-order chi connectivity index (χ1) is 11.8. The van der Waals surface area contributed by atoms with E-state index >= 15 is 0 Å². The van der Waals surface area contributed by atoms with Crippen molar-refractivity contribution in [3.63, 3.8) is 0 Å². The number of aromatic nitrogens is 2. The summed E-state index contributed by atoms with van der Waals surface area (Å²) >= 11 is 5.78. The van der Waals surface area contributed by atoms with E-state index in [1.165, 1.54) is 30.5 Å². The molecule has 0 saturated carbocycles. The van der Waals surface area contributed by atoms with Crippen LogP contribution in [0, 0.1) is 0 Å². The monoisotopic (exact) mass is 365 g/mol. The maximum atomic E-state index is 12.9. The Bertz CT molecular complexity index is 904. The summed E-state index contributed by atoms with van der Waals surface area (Å²) in [5, 5.41) is 9.48. The second-order valence-electron chi connectivity index (χ2n) is 5.20. The lowest BCUT2D eigenvalue weighted by Crippen LogP contribution is -2.12. The van der Waals surface area contributed by atoms with Gasteiger partial charge in [0, 0.05) is 16.1 Å². The number of carbonyl (C=O) groups excluding carboxylic acids is 1. The van der Waals surface area contributed by atoms with Crippen LogP contribution in [-0.2, 0) is 6.18 Å². The first-order valence-electron chi connectivity index (χ1n) is 7.12. The minimum Gasteiger partial charge on any atom is -0.306 e. The number of nitrogens with one attached hydrogen (secondary N) is 2. The van der Waals surface area contributed by atoms with Gasteiger partial charge in [0.1, 0.15) is 5.82 Å². The number of benzene rings is 2. The Labute approximate surface area is 145 Å².